The van der Waals surface area contributed by atoms with E-state index in [1.54, 1.807) is 70.8 Å². The zero-order valence-corrected chi connectivity index (χ0v) is 48.6. The van der Waals surface area contributed by atoms with E-state index in [0.717, 1.165) is 10.5 Å². The number of carboxylic acids is 2. The fourth-order valence-electron chi connectivity index (χ4n) is 10.5. The molecule has 6 amide bonds. The van der Waals surface area contributed by atoms with Crippen LogP contribution in [-0.2, 0) is 65.6 Å². The Morgan fingerprint density at radius 1 is 0.829 bits per heavy atom. The van der Waals surface area contributed by atoms with E-state index in [1.165, 1.54) is 44.4 Å². The van der Waals surface area contributed by atoms with Gasteiger partial charge in [-0.2, -0.15) is 0 Å². The van der Waals surface area contributed by atoms with Gasteiger partial charge >= 0.3 is 18.0 Å². The van der Waals surface area contributed by atoms with E-state index in [-0.39, 0.29) is 54.7 Å². The molecule has 26 nitrogen and oxygen atoms in total. The Hall–Kier alpha value is -6.52. The van der Waals surface area contributed by atoms with E-state index in [2.05, 4.69) is 20.8 Å². The molecule has 0 radical (unpaired) electrons. The van der Waals surface area contributed by atoms with E-state index < -0.39 is 139 Å². The number of rotatable bonds is 30. The highest BCUT2D eigenvalue weighted by Crippen LogP contribution is 2.31. The Bertz CT molecular complexity index is 2470. The maximum atomic E-state index is 14.8. The van der Waals surface area contributed by atoms with Crippen molar-refractivity contribution in [2.24, 2.45) is 29.6 Å². The number of hydrogen-bond donors (Lipinski definition) is 9. The first-order valence-corrected chi connectivity index (χ1v) is 27.4. The van der Waals surface area contributed by atoms with Gasteiger partial charge in [-0.05, 0) is 53.9 Å². The fourth-order valence-corrected chi connectivity index (χ4v) is 10.5. The summed E-state index contributed by atoms with van der Waals surface area (Å²) in [6.45, 7) is 12.1. The predicted molar refractivity (Wildman–Crippen MR) is 293 cm³/mol. The second-order valence-electron chi connectivity index (χ2n) is 21.6. The Balaban J connectivity index is 1.48. The van der Waals surface area contributed by atoms with Crippen molar-refractivity contribution < 1.29 is 92.4 Å². The number of aliphatic hydroxyl groups excluding tert-OH is 3. The number of amides is 6. The molecule has 2 heterocycles. The Labute approximate surface area is 478 Å². The molecule has 2 fully saturated rings. The number of carbonyl (C=O) groups excluding carboxylic acids is 6. The molecule has 26 heteroatoms. The number of carbonyl (C=O) groups is 8. The van der Waals surface area contributed by atoms with Gasteiger partial charge in [0.25, 0.3) is 5.91 Å². The van der Waals surface area contributed by atoms with Crippen LogP contribution in [0.2, 0.25) is 0 Å². The van der Waals surface area contributed by atoms with E-state index in [0.29, 0.717) is 25.8 Å². The third kappa shape index (κ3) is 17.5. The van der Waals surface area contributed by atoms with Crippen LogP contribution in [0.3, 0.4) is 0 Å². The number of hydrogen-bond acceptors (Lipinski definition) is 18. The second-order valence-corrected chi connectivity index (χ2v) is 21.6. The van der Waals surface area contributed by atoms with Crippen LogP contribution in [0.15, 0.2) is 48.5 Å². The number of methoxy groups -OCH3 is 2. The van der Waals surface area contributed by atoms with Crippen LogP contribution >= 0.6 is 0 Å². The molecule has 2 unspecified atom stereocenters. The van der Waals surface area contributed by atoms with Gasteiger partial charge in [0, 0.05) is 47.8 Å². The molecule has 2 aliphatic rings. The van der Waals surface area contributed by atoms with Crippen molar-refractivity contribution in [1.29, 1.82) is 0 Å². The number of nitrogens with one attached hydrogen (secondary N) is 3. The summed E-state index contributed by atoms with van der Waals surface area (Å²) in [6, 6.07) is 8.10. The van der Waals surface area contributed by atoms with Crippen molar-refractivity contribution in [1.82, 2.24) is 30.7 Å². The minimum absolute atomic E-state index is 0.0691. The smallest absolute Gasteiger partial charge is 0.410 e. The minimum Gasteiger partial charge on any atom is -0.480 e. The zero-order chi connectivity index (χ0) is 61.3. The molecule has 2 saturated heterocycles. The molecule has 2 aromatic rings. The lowest BCUT2D eigenvalue weighted by molar-refractivity contribution is -0.271. The van der Waals surface area contributed by atoms with Crippen molar-refractivity contribution in [3.05, 3.63) is 65.2 Å². The average Bonchev–Trinajstić information content (AvgIpc) is 3.94. The summed E-state index contributed by atoms with van der Waals surface area (Å²) in [4.78, 5) is 117. The summed E-state index contributed by atoms with van der Waals surface area (Å²) in [5.41, 5.74) is 0.747. The molecule has 14 atom stereocenters. The van der Waals surface area contributed by atoms with E-state index >= 15 is 0 Å². The largest absolute Gasteiger partial charge is 0.480 e. The first kappa shape index (κ1) is 68.0. The van der Waals surface area contributed by atoms with Gasteiger partial charge in [0.1, 0.15) is 48.8 Å². The van der Waals surface area contributed by atoms with Crippen molar-refractivity contribution >= 4 is 47.6 Å². The maximum Gasteiger partial charge on any atom is 0.410 e. The molecule has 458 valence electrons. The Morgan fingerprint density at radius 2 is 1.50 bits per heavy atom. The topological polar surface area (TPSA) is 365 Å². The van der Waals surface area contributed by atoms with Crippen molar-refractivity contribution in [3.8, 4) is 5.75 Å². The van der Waals surface area contributed by atoms with Gasteiger partial charge in [0.15, 0.2) is 6.10 Å². The van der Waals surface area contributed by atoms with E-state index in [4.69, 9.17) is 29.6 Å². The average molecular weight is 1160 g/mol. The van der Waals surface area contributed by atoms with E-state index in [1.807, 2.05) is 19.9 Å². The van der Waals surface area contributed by atoms with Gasteiger partial charge in [-0.15, -0.1) is 0 Å². The zero-order valence-electron chi connectivity index (χ0n) is 48.6. The summed E-state index contributed by atoms with van der Waals surface area (Å²) < 4.78 is 28.5. The number of aliphatic hydroxyl groups is 3. The molecule has 10 N–H and O–H groups in total. The number of aliphatic carboxylic acids is 2. The third-order valence-electron chi connectivity index (χ3n) is 15.2. The molecule has 2 aliphatic heterocycles. The third-order valence-corrected chi connectivity index (χ3v) is 15.2. The number of benzene rings is 2. The summed E-state index contributed by atoms with van der Waals surface area (Å²) in [5.74, 6) is -2.85. The highest BCUT2D eigenvalue weighted by Gasteiger charge is 2.49. The molecule has 0 bridgehead atoms. The molecule has 82 heavy (non-hydrogen) atoms. The molecular formula is C56H85N7O19. The van der Waals surface area contributed by atoms with Gasteiger partial charge in [-0.1, -0.05) is 91.3 Å². The van der Waals surface area contributed by atoms with Crippen LogP contribution in [0.25, 0.3) is 0 Å². The Kier molecular flexibility index (Phi) is 26.4. The van der Waals surface area contributed by atoms with Gasteiger partial charge in [0.05, 0.1) is 48.8 Å². The number of likely N-dealkylation sites (tertiary alicyclic amines) is 1. The first-order valence-electron chi connectivity index (χ1n) is 27.4. The summed E-state index contributed by atoms with van der Waals surface area (Å²) in [5, 5.41) is 58.6. The molecule has 4 rings (SSSR count). The molecule has 0 saturated carbocycles. The fraction of sp³-hybridized carbons (Fsp3) is 0.643. The van der Waals surface area contributed by atoms with Crippen molar-refractivity contribution in [3.63, 3.8) is 0 Å². The van der Waals surface area contributed by atoms with Crippen molar-refractivity contribution in [2.75, 3.05) is 48.0 Å². The lowest BCUT2D eigenvalue weighted by atomic mass is 9.89. The van der Waals surface area contributed by atoms with Crippen LogP contribution in [-0.4, -0.2) is 209 Å². The number of ether oxygens (including phenoxy) is 5. The lowest BCUT2D eigenvalue weighted by Gasteiger charge is -2.41. The van der Waals surface area contributed by atoms with Crippen LogP contribution in [0, 0.1) is 23.7 Å². The summed E-state index contributed by atoms with van der Waals surface area (Å²) in [7, 11) is 5.83. The standard InChI is InChI=1S/C56H85N7O19/c1-12-31(6)43(39(77-10)27-40(64)63-23-16-19-37(63)47(78-11)32(7)49(68)59-36(53(72)73)26-33-17-14-13-15-18-33)61(8)52(71)41(29(2)3)60-51(70)42(30(4)5)62(9)56(76)79-28-34-20-21-38(35(25-34)50(69)58-22-24-80-57)81-55-46(67)44(65)45(66)48(82-55)54(74)75/h13-15,17-18,20-21,25,29-32,36-37,39,41-48,55,65-67H,12,16,19,22-24,26-28,57H2,1-11H3,(H,58,69)(H,59,68)(H,60,70)(H,72,73)(H,74,75)/t31?,32-,36?,37+,39-,41+,42+,43+,44+,45+,46-,47-,48+,55-/m1/s1. The second kappa shape index (κ2) is 31.8. The van der Waals surface area contributed by atoms with E-state index in [9.17, 15) is 63.9 Å². The normalized spacial score (nSPS) is 21.9. The minimum atomic E-state index is -2.00. The van der Waals surface area contributed by atoms with Crippen LogP contribution in [0.4, 0.5) is 4.79 Å². The molecule has 0 spiro atoms. The molecular weight excluding hydrogens is 1070 g/mol. The van der Waals surface area contributed by atoms with Gasteiger partial charge < -0.3 is 79.8 Å². The maximum absolute atomic E-state index is 14.8. The van der Waals surface area contributed by atoms with Gasteiger partial charge in [-0.3, -0.25) is 28.9 Å². The monoisotopic (exact) mass is 1160 g/mol. The quantitative estimate of drug-likeness (QED) is 0.0390. The number of nitrogens with two attached hydrogens (primary N) is 1. The van der Waals surface area contributed by atoms with Gasteiger partial charge in [-0.25, -0.2) is 20.3 Å². The number of carboxylic acid groups (broad SMARTS) is 2. The number of likely N-dealkylation sites (N-methyl/N-ethyl adjacent to an activating group) is 2. The van der Waals surface area contributed by atoms with Crippen LogP contribution < -0.4 is 26.6 Å². The molecule has 0 aliphatic carbocycles. The molecule has 2 aromatic carbocycles. The van der Waals surface area contributed by atoms with Crippen LogP contribution in [0.1, 0.15) is 95.6 Å². The highest BCUT2D eigenvalue weighted by atomic mass is 16.7. The van der Waals surface area contributed by atoms with Gasteiger partial charge in [0.2, 0.25) is 29.9 Å². The Morgan fingerprint density at radius 3 is 2.07 bits per heavy atom. The SMILES string of the molecule is CCC(C)[C@@H]([C@@H](CC(=O)N1CCC[C@H]1[C@H](OC)[C@@H](C)C(=O)NC(Cc1ccccc1)C(=O)O)OC)N(C)C(=O)[C@@H](NC(=O)[C@H](C(C)C)N(C)C(=O)OCc1ccc(O[C@@H]2O[C@H](C(=O)O)[C@@H](O)[C@H](O)[C@H]2O)c(C(=O)NCCON)c1)C(C)C. The summed E-state index contributed by atoms with van der Waals surface area (Å²) in [6.07, 6.45) is -10.8. The predicted octanol–water partition coefficient (Wildman–Crippen LogP) is 1.04. The lowest BCUT2D eigenvalue weighted by Crippen LogP contribution is -2.61. The van der Waals surface area contributed by atoms with Crippen LogP contribution in [0.5, 0.6) is 5.75 Å². The first-order chi connectivity index (χ1) is 38.7. The highest BCUT2D eigenvalue weighted by molar-refractivity contribution is 5.97. The summed E-state index contributed by atoms with van der Waals surface area (Å²) >= 11 is 0. The number of nitrogens with zero attached hydrogens (tertiary/aromatic N) is 3. The van der Waals surface area contributed by atoms with Crippen molar-refractivity contribution in [2.45, 2.75) is 160 Å². The molecule has 0 aromatic heterocycles.